The van der Waals surface area contributed by atoms with Gasteiger partial charge in [-0.2, -0.15) is 0 Å². The van der Waals surface area contributed by atoms with E-state index in [0.29, 0.717) is 12.4 Å². The van der Waals surface area contributed by atoms with Gasteiger partial charge in [0.2, 0.25) is 5.88 Å². The molecule has 1 aromatic heterocycles. The van der Waals surface area contributed by atoms with Gasteiger partial charge in [0, 0.05) is 18.2 Å². The molecule has 1 N–H and O–H groups in total. The number of methoxy groups -OCH3 is 3. The predicted octanol–water partition coefficient (Wildman–Crippen LogP) is 2.72. The Morgan fingerprint density at radius 1 is 1.00 bits per heavy atom. The minimum absolute atomic E-state index is 0.592. The standard InChI is InChI=1S/C15H18N2O3/c1-18-13-6-4-5-11(15(13)20-3)9-16-12-7-8-14(19-2)17-10-12/h4-8,10,16H,9H2,1-3H3. The first-order valence-corrected chi connectivity index (χ1v) is 6.22. The van der Waals surface area contributed by atoms with Crippen LogP contribution >= 0.6 is 0 Å². The quantitative estimate of drug-likeness (QED) is 0.877. The number of rotatable bonds is 6. The van der Waals surface area contributed by atoms with Crippen LogP contribution in [0, 0.1) is 0 Å². The minimum Gasteiger partial charge on any atom is -0.493 e. The molecule has 0 bridgehead atoms. The third kappa shape index (κ3) is 3.12. The monoisotopic (exact) mass is 274 g/mol. The van der Waals surface area contributed by atoms with Gasteiger partial charge in [-0.1, -0.05) is 12.1 Å². The van der Waals surface area contributed by atoms with E-state index in [1.54, 1.807) is 27.5 Å². The highest BCUT2D eigenvalue weighted by molar-refractivity contribution is 5.49. The average molecular weight is 274 g/mol. The molecule has 0 aliphatic heterocycles. The molecule has 5 heteroatoms. The Morgan fingerprint density at radius 2 is 1.85 bits per heavy atom. The summed E-state index contributed by atoms with van der Waals surface area (Å²) in [4.78, 5) is 4.15. The van der Waals surface area contributed by atoms with Gasteiger partial charge in [0.15, 0.2) is 11.5 Å². The van der Waals surface area contributed by atoms with Crippen LogP contribution < -0.4 is 19.5 Å². The molecule has 0 radical (unpaired) electrons. The largest absolute Gasteiger partial charge is 0.493 e. The van der Waals surface area contributed by atoms with Gasteiger partial charge in [-0.05, 0) is 12.1 Å². The molecule has 5 nitrogen and oxygen atoms in total. The molecule has 1 aromatic carbocycles. The third-order valence-electron chi connectivity index (χ3n) is 2.91. The van der Waals surface area contributed by atoms with Crippen molar-refractivity contribution in [3.05, 3.63) is 42.1 Å². The van der Waals surface area contributed by atoms with E-state index in [9.17, 15) is 0 Å². The van der Waals surface area contributed by atoms with Gasteiger partial charge in [-0.15, -0.1) is 0 Å². The Labute approximate surface area is 118 Å². The van der Waals surface area contributed by atoms with Crippen LogP contribution in [-0.4, -0.2) is 26.3 Å². The number of nitrogens with zero attached hydrogens (tertiary/aromatic N) is 1. The van der Waals surface area contributed by atoms with Crippen LogP contribution in [0.2, 0.25) is 0 Å². The minimum atomic E-state index is 0.592. The van der Waals surface area contributed by atoms with Crippen LogP contribution in [0.25, 0.3) is 0 Å². The molecule has 0 unspecified atom stereocenters. The number of para-hydroxylation sites is 1. The molecule has 20 heavy (non-hydrogen) atoms. The fraction of sp³-hybridized carbons (Fsp3) is 0.267. The van der Waals surface area contributed by atoms with E-state index < -0.39 is 0 Å². The molecule has 0 atom stereocenters. The van der Waals surface area contributed by atoms with Crippen molar-refractivity contribution >= 4 is 5.69 Å². The van der Waals surface area contributed by atoms with Crippen molar-refractivity contribution in [2.45, 2.75) is 6.54 Å². The molecule has 0 saturated heterocycles. The molecule has 2 rings (SSSR count). The number of anilines is 1. The lowest BCUT2D eigenvalue weighted by molar-refractivity contribution is 0.352. The third-order valence-corrected chi connectivity index (χ3v) is 2.91. The highest BCUT2D eigenvalue weighted by atomic mass is 16.5. The molecule has 1 heterocycles. The summed E-state index contributed by atoms with van der Waals surface area (Å²) in [5, 5.41) is 3.28. The number of benzene rings is 1. The Morgan fingerprint density at radius 3 is 2.45 bits per heavy atom. The van der Waals surface area contributed by atoms with Crippen LogP contribution in [0.3, 0.4) is 0 Å². The van der Waals surface area contributed by atoms with E-state index in [0.717, 1.165) is 22.7 Å². The van der Waals surface area contributed by atoms with Crippen molar-refractivity contribution in [2.75, 3.05) is 26.6 Å². The van der Waals surface area contributed by atoms with Crippen LogP contribution in [0.5, 0.6) is 17.4 Å². The zero-order chi connectivity index (χ0) is 14.4. The Kier molecular flexibility index (Phi) is 4.65. The van der Waals surface area contributed by atoms with Gasteiger partial charge >= 0.3 is 0 Å². The van der Waals surface area contributed by atoms with E-state index in [4.69, 9.17) is 14.2 Å². The van der Waals surface area contributed by atoms with E-state index >= 15 is 0 Å². The maximum absolute atomic E-state index is 5.39. The molecule has 106 valence electrons. The van der Waals surface area contributed by atoms with Gasteiger partial charge < -0.3 is 19.5 Å². The Bertz CT molecular complexity index is 556. The zero-order valence-electron chi connectivity index (χ0n) is 11.8. The number of aromatic nitrogens is 1. The summed E-state index contributed by atoms with van der Waals surface area (Å²) in [5.41, 5.74) is 1.93. The summed E-state index contributed by atoms with van der Waals surface area (Å²) >= 11 is 0. The number of nitrogens with one attached hydrogen (secondary N) is 1. The predicted molar refractivity (Wildman–Crippen MR) is 77.7 cm³/mol. The van der Waals surface area contributed by atoms with Crippen molar-refractivity contribution in [3.63, 3.8) is 0 Å². The van der Waals surface area contributed by atoms with Crippen LogP contribution in [0.1, 0.15) is 5.56 Å². The first-order chi connectivity index (χ1) is 9.78. The molecular weight excluding hydrogens is 256 g/mol. The first kappa shape index (κ1) is 14.0. The maximum Gasteiger partial charge on any atom is 0.213 e. The molecule has 2 aromatic rings. The van der Waals surface area contributed by atoms with Crippen molar-refractivity contribution in [1.82, 2.24) is 4.98 Å². The highest BCUT2D eigenvalue weighted by Crippen LogP contribution is 2.31. The lowest BCUT2D eigenvalue weighted by Crippen LogP contribution is -2.03. The molecule has 0 amide bonds. The summed E-state index contributed by atoms with van der Waals surface area (Å²) in [6.45, 7) is 0.619. The smallest absolute Gasteiger partial charge is 0.213 e. The van der Waals surface area contributed by atoms with Gasteiger partial charge in [-0.25, -0.2) is 4.98 Å². The molecule has 0 aliphatic carbocycles. The van der Waals surface area contributed by atoms with Crippen LogP contribution in [-0.2, 0) is 6.54 Å². The van der Waals surface area contributed by atoms with Gasteiger partial charge in [-0.3, -0.25) is 0 Å². The van der Waals surface area contributed by atoms with Crippen molar-refractivity contribution < 1.29 is 14.2 Å². The molecule has 0 aliphatic rings. The molecule has 0 spiro atoms. The highest BCUT2D eigenvalue weighted by Gasteiger charge is 2.09. The summed E-state index contributed by atoms with van der Waals surface area (Å²) in [7, 11) is 4.86. The first-order valence-electron chi connectivity index (χ1n) is 6.22. The second-order valence-electron chi connectivity index (χ2n) is 4.10. The number of ether oxygens (including phenoxy) is 3. The van der Waals surface area contributed by atoms with Gasteiger partial charge in [0.25, 0.3) is 0 Å². The van der Waals surface area contributed by atoms with Crippen molar-refractivity contribution in [2.24, 2.45) is 0 Å². The lowest BCUT2D eigenvalue weighted by Gasteiger charge is -2.13. The maximum atomic E-state index is 5.39. The summed E-state index contributed by atoms with van der Waals surface area (Å²) in [5.74, 6) is 2.05. The number of hydrogen-bond acceptors (Lipinski definition) is 5. The van der Waals surface area contributed by atoms with E-state index in [1.165, 1.54) is 0 Å². The van der Waals surface area contributed by atoms with E-state index in [1.807, 2.05) is 30.3 Å². The average Bonchev–Trinajstić information content (AvgIpc) is 2.52. The second kappa shape index (κ2) is 6.65. The van der Waals surface area contributed by atoms with Gasteiger partial charge in [0.05, 0.1) is 33.2 Å². The van der Waals surface area contributed by atoms with Crippen LogP contribution in [0.15, 0.2) is 36.5 Å². The van der Waals surface area contributed by atoms with Crippen LogP contribution in [0.4, 0.5) is 5.69 Å². The van der Waals surface area contributed by atoms with E-state index in [2.05, 4.69) is 10.3 Å². The second-order valence-corrected chi connectivity index (χ2v) is 4.10. The molecular formula is C15H18N2O3. The van der Waals surface area contributed by atoms with Gasteiger partial charge in [0.1, 0.15) is 0 Å². The summed E-state index contributed by atoms with van der Waals surface area (Å²) < 4.78 is 15.7. The number of pyridine rings is 1. The Balaban J connectivity index is 2.10. The number of hydrogen-bond donors (Lipinski definition) is 1. The van der Waals surface area contributed by atoms with E-state index in [-0.39, 0.29) is 0 Å². The summed E-state index contributed by atoms with van der Waals surface area (Å²) in [6, 6.07) is 9.52. The van der Waals surface area contributed by atoms with Crippen molar-refractivity contribution in [1.29, 1.82) is 0 Å². The zero-order valence-corrected chi connectivity index (χ0v) is 11.8. The topological polar surface area (TPSA) is 52.6 Å². The normalized spacial score (nSPS) is 9.95. The Hall–Kier alpha value is -2.43. The summed E-state index contributed by atoms with van der Waals surface area (Å²) in [6.07, 6.45) is 1.73. The SMILES string of the molecule is COc1ccc(NCc2cccc(OC)c2OC)cn1. The fourth-order valence-corrected chi connectivity index (χ4v) is 1.90. The fourth-order valence-electron chi connectivity index (χ4n) is 1.90. The molecule has 0 saturated carbocycles. The lowest BCUT2D eigenvalue weighted by atomic mass is 10.2. The molecule has 0 fully saturated rings. The van der Waals surface area contributed by atoms with Crippen molar-refractivity contribution in [3.8, 4) is 17.4 Å².